The van der Waals surface area contributed by atoms with Gasteiger partial charge >= 0.3 is 5.97 Å². The Morgan fingerprint density at radius 3 is 2.44 bits per heavy atom. The van der Waals surface area contributed by atoms with E-state index in [4.69, 9.17) is 9.47 Å². The Bertz CT molecular complexity index is 658. The number of sulfone groups is 1. The molecule has 1 aliphatic heterocycles. The van der Waals surface area contributed by atoms with E-state index in [9.17, 15) is 13.2 Å². The Labute approximate surface area is 162 Å². The number of hydrogen-bond acceptors (Lipinski definition) is 6. The second kappa shape index (κ2) is 11.4. The summed E-state index contributed by atoms with van der Waals surface area (Å²) in [5, 5.41) is 0. The summed E-state index contributed by atoms with van der Waals surface area (Å²) in [5.74, 6) is -0.192. The fourth-order valence-electron chi connectivity index (χ4n) is 3.10. The minimum atomic E-state index is -3.35. The lowest BCUT2D eigenvalue weighted by Gasteiger charge is -2.12. The zero-order valence-corrected chi connectivity index (χ0v) is 16.8. The Morgan fingerprint density at radius 2 is 1.74 bits per heavy atom. The van der Waals surface area contributed by atoms with E-state index in [0.29, 0.717) is 17.9 Å². The van der Waals surface area contributed by atoms with Gasteiger partial charge in [0.25, 0.3) is 0 Å². The molecule has 1 aromatic rings. The smallest absolute Gasteiger partial charge is 0.305 e. The zero-order chi connectivity index (χ0) is 19.5. The molecule has 1 heterocycles. The number of esters is 1. The second-order valence-electron chi connectivity index (χ2n) is 6.85. The maximum absolute atomic E-state index is 12.4. The molecule has 1 saturated heterocycles. The molecule has 1 aliphatic rings. The molecule has 152 valence electrons. The molecule has 7 heteroatoms. The first-order valence-corrected chi connectivity index (χ1v) is 11.3. The van der Waals surface area contributed by atoms with Crippen molar-refractivity contribution in [2.45, 2.75) is 68.7 Å². The highest BCUT2D eigenvalue weighted by atomic mass is 32.2. The number of unbranched alkanes of at least 4 members (excludes halogenated alkanes) is 5. The summed E-state index contributed by atoms with van der Waals surface area (Å²) in [6.45, 7) is 0.324. The van der Waals surface area contributed by atoms with E-state index >= 15 is 0 Å². The van der Waals surface area contributed by atoms with Crippen LogP contribution in [-0.4, -0.2) is 46.3 Å². The lowest BCUT2D eigenvalue weighted by atomic mass is 10.1. The van der Waals surface area contributed by atoms with E-state index < -0.39 is 15.9 Å². The summed E-state index contributed by atoms with van der Waals surface area (Å²) in [6, 6.07) is 8.44. The molecule has 2 rings (SSSR count). The molecule has 0 spiro atoms. The number of carbonyl (C=O) groups is 1. The number of methoxy groups -OCH3 is 1. The largest absolute Gasteiger partial charge is 0.469 e. The summed E-state index contributed by atoms with van der Waals surface area (Å²) in [4.78, 5) is 11.3. The minimum Gasteiger partial charge on any atom is -0.469 e. The highest BCUT2D eigenvalue weighted by Crippen LogP contribution is 2.21. The van der Waals surface area contributed by atoms with E-state index in [0.717, 1.165) is 44.9 Å². The Morgan fingerprint density at radius 1 is 1.07 bits per heavy atom. The van der Waals surface area contributed by atoms with Crippen LogP contribution in [0, 0.1) is 0 Å². The van der Waals surface area contributed by atoms with Crippen LogP contribution in [0.15, 0.2) is 35.2 Å². The molecule has 0 aliphatic carbocycles. The molecule has 27 heavy (non-hydrogen) atoms. The van der Waals surface area contributed by atoms with Gasteiger partial charge in [0, 0.05) is 6.42 Å². The number of benzene rings is 1. The molecule has 1 fully saturated rings. The van der Waals surface area contributed by atoms with Crippen LogP contribution in [0.1, 0.15) is 51.4 Å². The van der Waals surface area contributed by atoms with E-state index in [-0.39, 0.29) is 18.0 Å². The summed E-state index contributed by atoms with van der Waals surface area (Å²) in [5.41, 5.74) is 0. The van der Waals surface area contributed by atoms with Crippen LogP contribution < -0.4 is 0 Å². The standard InChI is InChI=1S/C20H30O6S/c1-24-19(21)13-9-4-2-3-5-10-14-20-25-15-17(26-20)16-27(22,23)18-11-7-6-8-12-18/h6-8,11-12,17,20H,2-5,9-10,13-16H2,1H3. The van der Waals surface area contributed by atoms with Crippen LogP contribution in [-0.2, 0) is 28.8 Å². The number of carbonyl (C=O) groups excluding carboxylic acids is 1. The van der Waals surface area contributed by atoms with Gasteiger partial charge < -0.3 is 14.2 Å². The van der Waals surface area contributed by atoms with E-state index in [1.54, 1.807) is 30.3 Å². The topological polar surface area (TPSA) is 78.9 Å². The molecule has 1 aromatic carbocycles. The van der Waals surface area contributed by atoms with Crippen molar-refractivity contribution in [3.8, 4) is 0 Å². The van der Waals surface area contributed by atoms with E-state index in [2.05, 4.69) is 4.74 Å². The van der Waals surface area contributed by atoms with Crippen LogP contribution in [0.3, 0.4) is 0 Å². The highest BCUT2D eigenvalue weighted by Gasteiger charge is 2.30. The maximum Gasteiger partial charge on any atom is 0.305 e. The van der Waals surface area contributed by atoms with Gasteiger partial charge in [-0.15, -0.1) is 0 Å². The average Bonchev–Trinajstić information content (AvgIpc) is 3.10. The Kier molecular flexibility index (Phi) is 9.24. The van der Waals surface area contributed by atoms with Crippen LogP contribution in [0.4, 0.5) is 0 Å². The van der Waals surface area contributed by atoms with Crippen molar-refractivity contribution in [3.05, 3.63) is 30.3 Å². The van der Waals surface area contributed by atoms with Crippen LogP contribution in [0.2, 0.25) is 0 Å². The van der Waals surface area contributed by atoms with E-state index in [1.807, 2.05) is 0 Å². The van der Waals surface area contributed by atoms with Crippen LogP contribution >= 0.6 is 0 Å². The molecular weight excluding hydrogens is 368 g/mol. The normalized spacial score (nSPS) is 19.9. The molecule has 0 N–H and O–H groups in total. The monoisotopic (exact) mass is 398 g/mol. The number of rotatable bonds is 12. The van der Waals surface area contributed by atoms with Gasteiger partial charge in [-0.2, -0.15) is 0 Å². The van der Waals surface area contributed by atoms with Crippen LogP contribution in [0.25, 0.3) is 0 Å². The molecule has 0 bridgehead atoms. The summed E-state index contributed by atoms with van der Waals surface area (Å²) < 4.78 is 40.7. The fourth-order valence-corrected chi connectivity index (χ4v) is 4.53. The first-order valence-electron chi connectivity index (χ1n) is 9.63. The third-order valence-corrected chi connectivity index (χ3v) is 6.42. The second-order valence-corrected chi connectivity index (χ2v) is 8.89. The maximum atomic E-state index is 12.4. The van der Waals surface area contributed by atoms with Crippen molar-refractivity contribution >= 4 is 15.8 Å². The van der Waals surface area contributed by atoms with Gasteiger partial charge in [0.1, 0.15) is 0 Å². The predicted molar refractivity (Wildman–Crippen MR) is 102 cm³/mol. The van der Waals surface area contributed by atoms with Crippen molar-refractivity contribution in [2.75, 3.05) is 19.5 Å². The van der Waals surface area contributed by atoms with Crippen molar-refractivity contribution in [1.82, 2.24) is 0 Å². The molecule has 6 nitrogen and oxygen atoms in total. The summed E-state index contributed by atoms with van der Waals surface area (Å²) in [6.07, 6.45) is 6.75. The minimum absolute atomic E-state index is 0.0479. The molecule has 0 aromatic heterocycles. The lowest BCUT2D eigenvalue weighted by Crippen LogP contribution is -2.23. The number of ether oxygens (including phenoxy) is 3. The molecule has 2 unspecified atom stereocenters. The first-order chi connectivity index (χ1) is 13.0. The lowest BCUT2D eigenvalue weighted by molar-refractivity contribution is -0.140. The Balaban J connectivity index is 1.56. The SMILES string of the molecule is COC(=O)CCCCCCCCC1OCC(CS(=O)(=O)c2ccccc2)O1. The quantitative estimate of drug-likeness (QED) is 0.396. The van der Waals surface area contributed by atoms with Gasteiger partial charge in [-0.05, 0) is 31.4 Å². The van der Waals surface area contributed by atoms with Gasteiger partial charge in [0.2, 0.25) is 0 Å². The molecule has 0 amide bonds. The van der Waals surface area contributed by atoms with Crippen molar-refractivity contribution < 1.29 is 27.4 Å². The molecule has 0 radical (unpaired) electrons. The first kappa shape index (κ1) is 21.9. The Hall–Kier alpha value is -1.44. The van der Waals surface area contributed by atoms with Crippen LogP contribution in [0.5, 0.6) is 0 Å². The van der Waals surface area contributed by atoms with Gasteiger partial charge in [0.05, 0.1) is 30.5 Å². The van der Waals surface area contributed by atoms with Crippen molar-refractivity contribution in [2.24, 2.45) is 0 Å². The van der Waals surface area contributed by atoms with E-state index in [1.165, 1.54) is 7.11 Å². The third-order valence-electron chi connectivity index (χ3n) is 4.62. The van der Waals surface area contributed by atoms with Gasteiger partial charge in [0.15, 0.2) is 16.1 Å². The predicted octanol–water partition coefficient (Wildman–Crippen LogP) is 3.50. The summed E-state index contributed by atoms with van der Waals surface area (Å²) >= 11 is 0. The molecule has 0 saturated carbocycles. The number of hydrogen-bond donors (Lipinski definition) is 0. The fraction of sp³-hybridized carbons (Fsp3) is 0.650. The van der Waals surface area contributed by atoms with Gasteiger partial charge in [-0.3, -0.25) is 4.79 Å². The molecule has 2 atom stereocenters. The van der Waals surface area contributed by atoms with Crippen molar-refractivity contribution in [1.29, 1.82) is 0 Å². The zero-order valence-electron chi connectivity index (χ0n) is 16.0. The van der Waals surface area contributed by atoms with Crippen molar-refractivity contribution in [3.63, 3.8) is 0 Å². The van der Waals surface area contributed by atoms with Gasteiger partial charge in [-0.25, -0.2) is 8.42 Å². The average molecular weight is 399 g/mol. The highest BCUT2D eigenvalue weighted by molar-refractivity contribution is 7.91. The van der Waals surface area contributed by atoms with Gasteiger partial charge in [-0.1, -0.05) is 43.9 Å². The third kappa shape index (κ3) is 7.99. The summed E-state index contributed by atoms with van der Waals surface area (Å²) in [7, 11) is -1.94. The molecular formula is C20H30O6S.